The standard InChI is InChI=1S/C9H13N3/c1-3-4-5-8-6-12-9(10-2)7-11-8/h3,6-7H,1,4-5H2,2H3,(H,10,12). The van der Waals surface area contributed by atoms with Crippen LogP contribution in [0, 0.1) is 0 Å². The molecule has 0 aliphatic heterocycles. The molecule has 3 nitrogen and oxygen atoms in total. The fourth-order valence-electron chi connectivity index (χ4n) is 0.863. The third kappa shape index (κ3) is 2.34. The van der Waals surface area contributed by atoms with E-state index in [4.69, 9.17) is 0 Å². The van der Waals surface area contributed by atoms with Crippen molar-refractivity contribution in [3.8, 4) is 0 Å². The van der Waals surface area contributed by atoms with E-state index < -0.39 is 0 Å². The van der Waals surface area contributed by atoms with Crippen molar-refractivity contribution in [3.63, 3.8) is 0 Å². The summed E-state index contributed by atoms with van der Waals surface area (Å²) in [4.78, 5) is 8.36. The van der Waals surface area contributed by atoms with Gasteiger partial charge in [0.05, 0.1) is 18.1 Å². The van der Waals surface area contributed by atoms with Crippen molar-refractivity contribution in [3.05, 3.63) is 30.7 Å². The summed E-state index contributed by atoms with van der Waals surface area (Å²) >= 11 is 0. The minimum atomic E-state index is 0.803. The maximum Gasteiger partial charge on any atom is 0.144 e. The molecule has 0 unspecified atom stereocenters. The predicted molar refractivity (Wildman–Crippen MR) is 50.1 cm³/mol. The van der Waals surface area contributed by atoms with E-state index in [2.05, 4.69) is 21.9 Å². The number of nitrogens with zero attached hydrogens (tertiary/aromatic N) is 2. The molecular weight excluding hydrogens is 150 g/mol. The fraction of sp³-hybridized carbons (Fsp3) is 0.333. The largest absolute Gasteiger partial charge is 0.372 e. The molecule has 0 amide bonds. The topological polar surface area (TPSA) is 37.8 Å². The first-order chi connectivity index (χ1) is 5.86. The van der Waals surface area contributed by atoms with Gasteiger partial charge < -0.3 is 5.32 Å². The average molecular weight is 163 g/mol. The predicted octanol–water partition coefficient (Wildman–Crippen LogP) is 1.64. The molecule has 1 aromatic heterocycles. The first kappa shape index (κ1) is 8.71. The molecule has 0 saturated carbocycles. The van der Waals surface area contributed by atoms with Gasteiger partial charge in [-0.2, -0.15) is 0 Å². The monoisotopic (exact) mass is 163 g/mol. The van der Waals surface area contributed by atoms with Gasteiger partial charge in [-0.15, -0.1) is 6.58 Å². The summed E-state index contributed by atoms with van der Waals surface area (Å²) in [5.74, 6) is 0.803. The number of allylic oxidation sites excluding steroid dienone is 1. The molecule has 12 heavy (non-hydrogen) atoms. The van der Waals surface area contributed by atoms with Crippen molar-refractivity contribution in [2.45, 2.75) is 12.8 Å². The molecule has 0 aliphatic carbocycles. The Balaban J connectivity index is 2.58. The van der Waals surface area contributed by atoms with Gasteiger partial charge >= 0.3 is 0 Å². The van der Waals surface area contributed by atoms with Crippen LogP contribution in [0.1, 0.15) is 12.1 Å². The highest BCUT2D eigenvalue weighted by molar-refractivity contribution is 5.29. The van der Waals surface area contributed by atoms with Crippen LogP contribution in [0.15, 0.2) is 25.0 Å². The summed E-state index contributed by atoms with van der Waals surface area (Å²) in [7, 11) is 1.83. The van der Waals surface area contributed by atoms with Crippen LogP contribution in [0.3, 0.4) is 0 Å². The van der Waals surface area contributed by atoms with Crippen LogP contribution in [0.25, 0.3) is 0 Å². The highest BCUT2D eigenvalue weighted by atomic mass is 15.0. The second-order valence-corrected chi connectivity index (χ2v) is 2.47. The summed E-state index contributed by atoms with van der Waals surface area (Å²) in [6, 6.07) is 0. The van der Waals surface area contributed by atoms with Crippen LogP contribution < -0.4 is 5.32 Å². The second-order valence-electron chi connectivity index (χ2n) is 2.47. The van der Waals surface area contributed by atoms with Gasteiger partial charge in [-0.3, -0.25) is 4.98 Å². The normalized spacial score (nSPS) is 9.42. The van der Waals surface area contributed by atoms with E-state index in [0.717, 1.165) is 24.4 Å². The van der Waals surface area contributed by atoms with E-state index in [-0.39, 0.29) is 0 Å². The molecule has 3 heteroatoms. The molecule has 1 aromatic rings. The smallest absolute Gasteiger partial charge is 0.144 e. The number of nitrogens with one attached hydrogen (secondary N) is 1. The second kappa shape index (κ2) is 4.49. The van der Waals surface area contributed by atoms with Crippen molar-refractivity contribution in [1.29, 1.82) is 0 Å². The first-order valence-electron chi connectivity index (χ1n) is 3.96. The molecule has 0 aromatic carbocycles. The van der Waals surface area contributed by atoms with E-state index in [0.29, 0.717) is 0 Å². The molecule has 0 atom stereocenters. The molecule has 1 heterocycles. The van der Waals surface area contributed by atoms with Crippen molar-refractivity contribution in [2.24, 2.45) is 0 Å². The Morgan fingerprint density at radius 2 is 2.33 bits per heavy atom. The van der Waals surface area contributed by atoms with Crippen LogP contribution in [0.4, 0.5) is 5.82 Å². The lowest BCUT2D eigenvalue weighted by Crippen LogP contribution is -1.96. The zero-order chi connectivity index (χ0) is 8.81. The summed E-state index contributed by atoms with van der Waals surface area (Å²) in [5, 5.41) is 2.92. The number of anilines is 1. The third-order valence-corrected chi connectivity index (χ3v) is 1.57. The quantitative estimate of drug-likeness (QED) is 0.686. The first-order valence-corrected chi connectivity index (χ1v) is 3.96. The molecule has 0 bridgehead atoms. The van der Waals surface area contributed by atoms with Crippen molar-refractivity contribution >= 4 is 5.82 Å². The highest BCUT2D eigenvalue weighted by Gasteiger charge is 1.93. The Hall–Kier alpha value is -1.38. The molecule has 1 rings (SSSR count). The number of aromatic nitrogens is 2. The number of rotatable bonds is 4. The van der Waals surface area contributed by atoms with Gasteiger partial charge in [0, 0.05) is 7.05 Å². The highest BCUT2D eigenvalue weighted by Crippen LogP contribution is 2.01. The van der Waals surface area contributed by atoms with Gasteiger partial charge in [0.2, 0.25) is 0 Å². The van der Waals surface area contributed by atoms with Crippen molar-refractivity contribution in [1.82, 2.24) is 9.97 Å². The summed E-state index contributed by atoms with van der Waals surface area (Å²) < 4.78 is 0. The zero-order valence-electron chi connectivity index (χ0n) is 7.25. The summed E-state index contributed by atoms with van der Waals surface area (Å²) in [6.07, 6.45) is 7.27. The SMILES string of the molecule is C=CCCc1cnc(NC)cn1. The van der Waals surface area contributed by atoms with E-state index in [1.54, 1.807) is 12.4 Å². The third-order valence-electron chi connectivity index (χ3n) is 1.57. The van der Waals surface area contributed by atoms with Gasteiger partial charge in [-0.05, 0) is 12.8 Å². The van der Waals surface area contributed by atoms with Gasteiger partial charge in [0.1, 0.15) is 5.82 Å². The molecular formula is C9H13N3. The Morgan fingerprint density at radius 3 is 2.83 bits per heavy atom. The van der Waals surface area contributed by atoms with Gasteiger partial charge in [-0.25, -0.2) is 4.98 Å². The number of hydrogen-bond donors (Lipinski definition) is 1. The van der Waals surface area contributed by atoms with E-state index in [1.807, 2.05) is 13.1 Å². The lowest BCUT2D eigenvalue weighted by atomic mass is 10.2. The molecule has 1 N–H and O–H groups in total. The lowest BCUT2D eigenvalue weighted by Gasteiger charge is -1.99. The maximum atomic E-state index is 4.21. The van der Waals surface area contributed by atoms with Crippen molar-refractivity contribution < 1.29 is 0 Å². The molecule has 0 fully saturated rings. The molecule has 0 saturated heterocycles. The Labute approximate surface area is 72.6 Å². The molecule has 0 radical (unpaired) electrons. The number of hydrogen-bond acceptors (Lipinski definition) is 3. The van der Waals surface area contributed by atoms with Crippen LogP contribution in [-0.2, 0) is 6.42 Å². The van der Waals surface area contributed by atoms with E-state index >= 15 is 0 Å². The Morgan fingerprint density at radius 1 is 1.50 bits per heavy atom. The minimum absolute atomic E-state index is 0.803. The average Bonchev–Trinajstić information content (AvgIpc) is 2.15. The van der Waals surface area contributed by atoms with Crippen molar-refractivity contribution in [2.75, 3.05) is 12.4 Å². The van der Waals surface area contributed by atoms with Gasteiger partial charge in [0.15, 0.2) is 0 Å². The minimum Gasteiger partial charge on any atom is -0.372 e. The van der Waals surface area contributed by atoms with Crippen LogP contribution in [0.2, 0.25) is 0 Å². The van der Waals surface area contributed by atoms with Crippen LogP contribution >= 0.6 is 0 Å². The lowest BCUT2D eigenvalue weighted by molar-refractivity contribution is 0.927. The zero-order valence-corrected chi connectivity index (χ0v) is 7.25. The maximum absolute atomic E-state index is 4.21. The van der Waals surface area contributed by atoms with Gasteiger partial charge in [0.25, 0.3) is 0 Å². The summed E-state index contributed by atoms with van der Waals surface area (Å²) in [6.45, 7) is 3.65. The number of aryl methyl sites for hydroxylation is 1. The van der Waals surface area contributed by atoms with E-state index in [1.165, 1.54) is 0 Å². The van der Waals surface area contributed by atoms with Gasteiger partial charge in [-0.1, -0.05) is 6.08 Å². The molecule has 64 valence electrons. The molecule has 0 spiro atoms. The van der Waals surface area contributed by atoms with E-state index in [9.17, 15) is 0 Å². The van der Waals surface area contributed by atoms with Crippen LogP contribution in [0.5, 0.6) is 0 Å². The Kier molecular flexibility index (Phi) is 3.26. The fourth-order valence-corrected chi connectivity index (χ4v) is 0.863. The summed E-state index contributed by atoms with van der Waals surface area (Å²) in [5.41, 5.74) is 1.01. The molecule has 0 aliphatic rings. The Bertz CT molecular complexity index is 240. The van der Waals surface area contributed by atoms with Crippen LogP contribution in [-0.4, -0.2) is 17.0 Å².